The van der Waals surface area contributed by atoms with Crippen molar-refractivity contribution in [2.75, 3.05) is 7.05 Å². The van der Waals surface area contributed by atoms with E-state index >= 15 is 0 Å². The van der Waals surface area contributed by atoms with Gasteiger partial charge in [-0.05, 0) is 41.4 Å². The summed E-state index contributed by atoms with van der Waals surface area (Å²) >= 11 is 5.00. The van der Waals surface area contributed by atoms with Crippen molar-refractivity contribution in [3.63, 3.8) is 0 Å². The number of carbonyl (C=O) groups excluding carboxylic acids is 1. The molecule has 2 aromatic heterocycles. The quantitative estimate of drug-likeness (QED) is 0.822. The van der Waals surface area contributed by atoms with Gasteiger partial charge in [-0.1, -0.05) is 0 Å². The second-order valence-electron chi connectivity index (χ2n) is 4.97. The molecule has 0 aliphatic rings. The van der Waals surface area contributed by atoms with Crippen LogP contribution in [0.3, 0.4) is 0 Å². The SMILES string of the molecule is Cc1oc(CN(C)C(=O)CCc2cc(Br)cs2)cc1C(=O)O. The largest absolute Gasteiger partial charge is 0.478 e. The van der Waals surface area contributed by atoms with Gasteiger partial charge >= 0.3 is 5.97 Å². The summed E-state index contributed by atoms with van der Waals surface area (Å²) in [6, 6.07) is 3.48. The van der Waals surface area contributed by atoms with E-state index in [1.807, 2.05) is 11.4 Å². The van der Waals surface area contributed by atoms with E-state index in [2.05, 4.69) is 15.9 Å². The lowest BCUT2D eigenvalue weighted by molar-refractivity contribution is -0.130. The molecular formula is C15H16BrNO4S. The van der Waals surface area contributed by atoms with Gasteiger partial charge < -0.3 is 14.4 Å². The van der Waals surface area contributed by atoms with Crippen LogP contribution in [-0.2, 0) is 17.8 Å². The Bertz CT molecular complexity index is 692. The number of thiophene rings is 1. The van der Waals surface area contributed by atoms with Crippen molar-refractivity contribution in [2.45, 2.75) is 26.3 Å². The minimum Gasteiger partial charge on any atom is -0.478 e. The summed E-state index contributed by atoms with van der Waals surface area (Å²) in [5.74, 6) is -0.198. The molecule has 5 nitrogen and oxygen atoms in total. The van der Waals surface area contributed by atoms with E-state index < -0.39 is 5.97 Å². The van der Waals surface area contributed by atoms with Crippen molar-refractivity contribution in [3.8, 4) is 0 Å². The molecule has 2 heterocycles. The Balaban J connectivity index is 1.90. The molecule has 0 aliphatic carbocycles. The highest BCUT2D eigenvalue weighted by atomic mass is 79.9. The standard InChI is InChI=1S/C15H16BrNO4S/c1-9-13(15(19)20)6-11(21-9)7-17(2)14(18)4-3-12-5-10(16)8-22-12/h5-6,8H,3-4,7H2,1-2H3,(H,19,20). The number of aromatic carboxylic acids is 1. The molecular weight excluding hydrogens is 370 g/mol. The minimum absolute atomic E-state index is 0.00421. The molecule has 0 bridgehead atoms. The third-order valence-electron chi connectivity index (χ3n) is 3.23. The summed E-state index contributed by atoms with van der Waals surface area (Å²) in [4.78, 5) is 25.8. The predicted molar refractivity (Wildman–Crippen MR) is 87.2 cm³/mol. The second kappa shape index (κ2) is 7.11. The van der Waals surface area contributed by atoms with Gasteiger partial charge in [-0.2, -0.15) is 0 Å². The average molecular weight is 386 g/mol. The van der Waals surface area contributed by atoms with Crippen LogP contribution in [0.1, 0.15) is 33.2 Å². The van der Waals surface area contributed by atoms with Crippen molar-refractivity contribution in [3.05, 3.63) is 43.9 Å². The van der Waals surface area contributed by atoms with Crippen LogP contribution in [0.2, 0.25) is 0 Å². The topological polar surface area (TPSA) is 70.8 Å². The molecule has 2 rings (SSSR count). The molecule has 0 fully saturated rings. The van der Waals surface area contributed by atoms with E-state index in [0.29, 0.717) is 24.4 Å². The number of carbonyl (C=O) groups is 2. The van der Waals surface area contributed by atoms with E-state index in [-0.39, 0.29) is 18.0 Å². The smallest absolute Gasteiger partial charge is 0.339 e. The molecule has 1 amide bonds. The van der Waals surface area contributed by atoms with Crippen LogP contribution in [-0.4, -0.2) is 28.9 Å². The number of nitrogens with zero attached hydrogens (tertiary/aromatic N) is 1. The van der Waals surface area contributed by atoms with Gasteiger partial charge in [0.05, 0.1) is 6.54 Å². The predicted octanol–water partition coefficient (Wildman–Crippen LogP) is 3.70. The fourth-order valence-corrected chi connectivity index (χ4v) is 3.52. The van der Waals surface area contributed by atoms with Crippen molar-refractivity contribution in [1.29, 1.82) is 0 Å². The monoisotopic (exact) mass is 385 g/mol. The Morgan fingerprint density at radius 3 is 2.68 bits per heavy atom. The van der Waals surface area contributed by atoms with E-state index in [1.54, 1.807) is 30.2 Å². The summed E-state index contributed by atoms with van der Waals surface area (Å²) < 4.78 is 6.41. The molecule has 0 saturated carbocycles. The molecule has 0 unspecified atom stereocenters. The molecule has 0 aromatic carbocycles. The van der Waals surface area contributed by atoms with Gasteiger partial charge in [0.25, 0.3) is 0 Å². The van der Waals surface area contributed by atoms with Crippen LogP contribution in [0.15, 0.2) is 26.4 Å². The number of carboxylic acids is 1. The van der Waals surface area contributed by atoms with E-state index in [9.17, 15) is 9.59 Å². The summed E-state index contributed by atoms with van der Waals surface area (Å²) in [5, 5.41) is 11.0. The van der Waals surface area contributed by atoms with Crippen LogP contribution >= 0.6 is 27.3 Å². The van der Waals surface area contributed by atoms with Crippen LogP contribution in [0.5, 0.6) is 0 Å². The van der Waals surface area contributed by atoms with Gasteiger partial charge in [0.15, 0.2) is 0 Å². The lowest BCUT2D eigenvalue weighted by Crippen LogP contribution is -2.26. The number of aryl methyl sites for hydroxylation is 2. The maximum absolute atomic E-state index is 12.1. The number of hydrogen-bond donors (Lipinski definition) is 1. The maximum Gasteiger partial charge on any atom is 0.339 e. The van der Waals surface area contributed by atoms with E-state index in [0.717, 1.165) is 9.35 Å². The second-order valence-corrected chi connectivity index (χ2v) is 6.88. The molecule has 118 valence electrons. The van der Waals surface area contributed by atoms with E-state index in [1.165, 1.54) is 6.07 Å². The summed E-state index contributed by atoms with van der Waals surface area (Å²) in [5.41, 5.74) is 0.138. The Labute approximate surface area is 140 Å². The van der Waals surface area contributed by atoms with Crippen molar-refractivity contribution in [1.82, 2.24) is 4.90 Å². The summed E-state index contributed by atoms with van der Waals surface area (Å²) in [6.07, 6.45) is 1.10. The van der Waals surface area contributed by atoms with Gasteiger partial charge in [0, 0.05) is 28.2 Å². The average Bonchev–Trinajstić information content (AvgIpc) is 3.02. The number of hydrogen-bond acceptors (Lipinski definition) is 4. The van der Waals surface area contributed by atoms with Crippen LogP contribution in [0, 0.1) is 6.92 Å². The maximum atomic E-state index is 12.1. The number of amides is 1. The summed E-state index contributed by atoms with van der Waals surface area (Å²) in [7, 11) is 1.69. The highest BCUT2D eigenvalue weighted by Crippen LogP contribution is 2.21. The molecule has 0 spiro atoms. The van der Waals surface area contributed by atoms with Crippen LogP contribution in [0.4, 0.5) is 0 Å². The lowest BCUT2D eigenvalue weighted by Gasteiger charge is -2.15. The first-order chi connectivity index (χ1) is 10.4. The van der Waals surface area contributed by atoms with Gasteiger partial charge in [-0.3, -0.25) is 4.79 Å². The zero-order valence-electron chi connectivity index (χ0n) is 12.3. The zero-order chi connectivity index (χ0) is 16.3. The van der Waals surface area contributed by atoms with Crippen molar-refractivity contribution >= 4 is 39.1 Å². The first-order valence-corrected chi connectivity index (χ1v) is 8.33. The molecule has 0 atom stereocenters. The Kier molecular flexibility index (Phi) is 5.42. The molecule has 7 heteroatoms. The number of furan rings is 1. The molecule has 1 N–H and O–H groups in total. The van der Waals surface area contributed by atoms with Gasteiger partial charge in [-0.15, -0.1) is 11.3 Å². The first kappa shape index (κ1) is 16.8. The van der Waals surface area contributed by atoms with Gasteiger partial charge in [-0.25, -0.2) is 4.79 Å². The third-order valence-corrected chi connectivity index (χ3v) is 4.98. The highest BCUT2D eigenvalue weighted by Gasteiger charge is 2.17. The number of carboxylic acid groups (broad SMARTS) is 1. The fraction of sp³-hybridized carbons (Fsp3) is 0.333. The third kappa shape index (κ3) is 4.20. The fourth-order valence-electron chi connectivity index (χ4n) is 2.06. The normalized spacial score (nSPS) is 10.7. The Morgan fingerprint density at radius 1 is 1.41 bits per heavy atom. The molecule has 0 saturated heterocycles. The van der Waals surface area contributed by atoms with Crippen molar-refractivity contribution in [2.24, 2.45) is 0 Å². The number of rotatable bonds is 6. The highest BCUT2D eigenvalue weighted by molar-refractivity contribution is 9.10. The van der Waals surface area contributed by atoms with Crippen molar-refractivity contribution < 1.29 is 19.1 Å². The number of halogens is 1. The Morgan fingerprint density at radius 2 is 2.14 bits per heavy atom. The first-order valence-electron chi connectivity index (χ1n) is 6.66. The molecule has 2 aromatic rings. The van der Waals surface area contributed by atoms with Crippen LogP contribution < -0.4 is 0 Å². The Hall–Kier alpha value is -1.60. The molecule has 22 heavy (non-hydrogen) atoms. The van der Waals surface area contributed by atoms with E-state index in [4.69, 9.17) is 9.52 Å². The lowest BCUT2D eigenvalue weighted by atomic mass is 10.2. The minimum atomic E-state index is -1.02. The van der Waals surface area contributed by atoms with Gasteiger partial charge in [0.2, 0.25) is 5.91 Å². The summed E-state index contributed by atoms with van der Waals surface area (Å²) in [6.45, 7) is 1.87. The molecule has 0 radical (unpaired) electrons. The van der Waals surface area contributed by atoms with Crippen LogP contribution in [0.25, 0.3) is 0 Å². The zero-order valence-corrected chi connectivity index (χ0v) is 14.7. The van der Waals surface area contributed by atoms with Gasteiger partial charge in [0.1, 0.15) is 17.1 Å². The molecule has 0 aliphatic heterocycles.